The van der Waals surface area contributed by atoms with Crippen molar-refractivity contribution >= 4 is 0 Å². The summed E-state index contributed by atoms with van der Waals surface area (Å²) in [5, 5.41) is 0. The Balaban J connectivity index is 2.86. The molecule has 0 unspecified atom stereocenters. The van der Waals surface area contributed by atoms with Gasteiger partial charge in [-0.3, -0.25) is 0 Å². The molecular formula is C13H20O. The second-order valence-electron chi connectivity index (χ2n) is 4.54. The predicted octanol–water partition coefficient (Wildman–Crippen LogP) is 3.91. The minimum Gasteiger partial charge on any atom is -0.466 e. The molecule has 1 heterocycles. The topological polar surface area (TPSA) is 13.1 Å². The van der Waals surface area contributed by atoms with E-state index in [0.29, 0.717) is 0 Å². The lowest BCUT2D eigenvalue weighted by Crippen LogP contribution is -2.10. The van der Waals surface area contributed by atoms with Crippen molar-refractivity contribution in [3.05, 3.63) is 35.8 Å². The summed E-state index contributed by atoms with van der Waals surface area (Å²) in [7, 11) is 0. The van der Waals surface area contributed by atoms with E-state index >= 15 is 0 Å². The highest BCUT2D eigenvalue weighted by Gasteiger charge is 2.18. The molecule has 1 heteroatoms. The summed E-state index contributed by atoms with van der Waals surface area (Å²) >= 11 is 0. The van der Waals surface area contributed by atoms with Crippen molar-refractivity contribution in [1.29, 1.82) is 0 Å². The van der Waals surface area contributed by atoms with Crippen LogP contribution in [0.3, 0.4) is 0 Å². The van der Waals surface area contributed by atoms with Crippen molar-refractivity contribution in [3.8, 4) is 0 Å². The molecule has 0 aliphatic heterocycles. The van der Waals surface area contributed by atoms with E-state index in [9.17, 15) is 0 Å². The molecule has 0 amide bonds. The molecule has 0 saturated heterocycles. The third kappa shape index (κ3) is 2.50. The van der Waals surface area contributed by atoms with Crippen LogP contribution in [0.25, 0.3) is 0 Å². The Morgan fingerprint density at radius 1 is 1.50 bits per heavy atom. The van der Waals surface area contributed by atoms with Crippen molar-refractivity contribution < 1.29 is 4.42 Å². The SMILES string of the molecule is C=CC(C)(C)Cc1oc(CC)cc1C. The Morgan fingerprint density at radius 3 is 2.57 bits per heavy atom. The average molecular weight is 192 g/mol. The van der Waals surface area contributed by atoms with Crippen LogP contribution >= 0.6 is 0 Å². The number of rotatable bonds is 4. The van der Waals surface area contributed by atoms with Crippen LogP contribution in [0.5, 0.6) is 0 Å². The van der Waals surface area contributed by atoms with E-state index in [2.05, 4.69) is 40.3 Å². The standard InChI is InChI=1S/C13H20O/c1-6-11-8-10(3)12(14-11)9-13(4,5)7-2/h7-8H,2,6,9H2,1,3-5H3. The zero-order chi connectivity index (χ0) is 10.8. The van der Waals surface area contributed by atoms with Gasteiger partial charge in [0.2, 0.25) is 0 Å². The summed E-state index contributed by atoms with van der Waals surface area (Å²) in [6, 6.07) is 2.13. The van der Waals surface area contributed by atoms with Crippen LogP contribution in [0.4, 0.5) is 0 Å². The van der Waals surface area contributed by atoms with E-state index in [-0.39, 0.29) is 5.41 Å². The van der Waals surface area contributed by atoms with Crippen molar-refractivity contribution in [2.24, 2.45) is 5.41 Å². The van der Waals surface area contributed by atoms with E-state index < -0.39 is 0 Å². The number of allylic oxidation sites excluding steroid dienone is 1. The van der Waals surface area contributed by atoms with E-state index in [4.69, 9.17) is 4.42 Å². The molecule has 0 radical (unpaired) electrons. The fourth-order valence-corrected chi connectivity index (χ4v) is 1.43. The maximum absolute atomic E-state index is 5.75. The van der Waals surface area contributed by atoms with Gasteiger partial charge in [0, 0.05) is 12.8 Å². The Morgan fingerprint density at radius 2 is 2.14 bits per heavy atom. The number of aryl methyl sites for hydroxylation is 2. The highest BCUT2D eigenvalue weighted by molar-refractivity contribution is 5.21. The third-order valence-electron chi connectivity index (χ3n) is 2.59. The average Bonchev–Trinajstić information content (AvgIpc) is 2.47. The van der Waals surface area contributed by atoms with Gasteiger partial charge in [-0.1, -0.05) is 26.8 Å². The van der Waals surface area contributed by atoms with Crippen LogP contribution < -0.4 is 0 Å². The molecule has 0 spiro atoms. The lowest BCUT2D eigenvalue weighted by molar-refractivity contribution is 0.390. The maximum atomic E-state index is 5.75. The fourth-order valence-electron chi connectivity index (χ4n) is 1.43. The largest absolute Gasteiger partial charge is 0.466 e. The molecule has 0 aromatic carbocycles. The quantitative estimate of drug-likeness (QED) is 0.659. The van der Waals surface area contributed by atoms with Gasteiger partial charge < -0.3 is 4.42 Å². The van der Waals surface area contributed by atoms with Crippen molar-refractivity contribution in [2.45, 2.75) is 40.5 Å². The number of hydrogen-bond donors (Lipinski definition) is 0. The van der Waals surface area contributed by atoms with Crippen LogP contribution in [0.1, 0.15) is 37.9 Å². The number of hydrogen-bond acceptors (Lipinski definition) is 1. The van der Waals surface area contributed by atoms with E-state index in [1.165, 1.54) is 5.56 Å². The molecule has 0 aliphatic rings. The van der Waals surface area contributed by atoms with Crippen LogP contribution in [0.2, 0.25) is 0 Å². The minimum atomic E-state index is 0.119. The Hall–Kier alpha value is -0.980. The maximum Gasteiger partial charge on any atom is 0.107 e. The summed E-state index contributed by atoms with van der Waals surface area (Å²) in [5.74, 6) is 2.18. The Kier molecular flexibility index (Phi) is 3.20. The highest BCUT2D eigenvalue weighted by atomic mass is 16.3. The van der Waals surface area contributed by atoms with E-state index in [1.807, 2.05) is 6.08 Å². The van der Waals surface area contributed by atoms with Gasteiger partial charge in [-0.2, -0.15) is 0 Å². The van der Waals surface area contributed by atoms with Gasteiger partial charge in [0.25, 0.3) is 0 Å². The monoisotopic (exact) mass is 192 g/mol. The first-order valence-corrected chi connectivity index (χ1v) is 5.20. The summed E-state index contributed by atoms with van der Waals surface area (Å²) < 4.78 is 5.75. The molecule has 1 aromatic rings. The molecule has 14 heavy (non-hydrogen) atoms. The first kappa shape index (κ1) is 11.1. The zero-order valence-corrected chi connectivity index (χ0v) is 9.68. The molecule has 0 fully saturated rings. The van der Waals surface area contributed by atoms with Gasteiger partial charge in [-0.05, 0) is 24.0 Å². The van der Waals surface area contributed by atoms with Crippen molar-refractivity contribution in [2.75, 3.05) is 0 Å². The smallest absolute Gasteiger partial charge is 0.107 e. The first-order valence-electron chi connectivity index (χ1n) is 5.20. The normalized spacial score (nSPS) is 11.7. The van der Waals surface area contributed by atoms with Gasteiger partial charge >= 0.3 is 0 Å². The van der Waals surface area contributed by atoms with E-state index in [1.54, 1.807) is 0 Å². The van der Waals surface area contributed by atoms with Gasteiger partial charge in [-0.15, -0.1) is 6.58 Å². The lowest BCUT2D eigenvalue weighted by atomic mass is 9.88. The molecule has 1 rings (SSSR count). The molecule has 0 N–H and O–H groups in total. The summed E-state index contributed by atoms with van der Waals surface area (Å²) in [6.45, 7) is 12.4. The molecule has 0 aliphatic carbocycles. The minimum absolute atomic E-state index is 0.119. The summed E-state index contributed by atoms with van der Waals surface area (Å²) in [4.78, 5) is 0. The summed E-state index contributed by atoms with van der Waals surface area (Å²) in [5.41, 5.74) is 1.38. The summed E-state index contributed by atoms with van der Waals surface area (Å²) in [6.07, 6.45) is 3.89. The highest BCUT2D eigenvalue weighted by Crippen LogP contribution is 2.26. The lowest BCUT2D eigenvalue weighted by Gasteiger charge is -2.18. The molecular weight excluding hydrogens is 172 g/mol. The predicted molar refractivity (Wildman–Crippen MR) is 60.5 cm³/mol. The van der Waals surface area contributed by atoms with Gasteiger partial charge in [0.05, 0.1) is 0 Å². The van der Waals surface area contributed by atoms with Gasteiger partial charge in [0.1, 0.15) is 11.5 Å². The third-order valence-corrected chi connectivity index (χ3v) is 2.59. The molecule has 1 aromatic heterocycles. The second kappa shape index (κ2) is 4.04. The fraction of sp³-hybridized carbons (Fsp3) is 0.538. The molecule has 0 atom stereocenters. The van der Waals surface area contributed by atoms with Crippen molar-refractivity contribution in [1.82, 2.24) is 0 Å². The Bertz CT molecular complexity index is 318. The van der Waals surface area contributed by atoms with Crippen LogP contribution in [-0.4, -0.2) is 0 Å². The molecule has 0 saturated carbocycles. The molecule has 0 bridgehead atoms. The Labute approximate surface area is 86.8 Å². The molecule has 1 nitrogen and oxygen atoms in total. The van der Waals surface area contributed by atoms with Crippen LogP contribution in [-0.2, 0) is 12.8 Å². The zero-order valence-electron chi connectivity index (χ0n) is 9.68. The second-order valence-corrected chi connectivity index (χ2v) is 4.54. The van der Waals surface area contributed by atoms with Gasteiger partial charge in [0.15, 0.2) is 0 Å². The number of furan rings is 1. The van der Waals surface area contributed by atoms with E-state index in [0.717, 1.165) is 24.4 Å². The van der Waals surface area contributed by atoms with Gasteiger partial charge in [-0.25, -0.2) is 0 Å². The van der Waals surface area contributed by atoms with Crippen LogP contribution in [0.15, 0.2) is 23.1 Å². The van der Waals surface area contributed by atoms with Crippen LogP contribution in [0, 0.1) is 12.3 Å². The molecule has 78 valence electrons. The van der Waals surface area contributed by atoms with Crippen molar-refractivity contribution in [3.63, 3.8) is 0 Å². The first-order chi connectivity index (χ1) is 6.48.